The Morgan fingerprint density at radius 2 is 1.82 bits per heavy atom. The zero-order valence-corrected chi connectivity index (χ0v) is 9.95. The number of aromatic nitrogens is 2. The fourth-order valence-electron chi connectivity index (χ4n) is 1.45. The minimum absolute atomic E-state index is 0.0195. The number of nitrogens with zero attached hydrogens (tertiary/aromatic N) is 2. The van der Waals surface area contributed by atoms with E-state index in [0.29, 0.717) is 11.0 Å². The highest BCUT2D eigenvalue weighted by atomic mass is 35.5. The van der Waals surface area contributed by atoms with E-state index >= 15 is 0 Å². The first-order valence-electron chi connectivity index (χ1n) is 5.16. The summed E-state index contributed by atoms with van der Waals surface area (Å²) in [6, 6.07) is 9.75. The zero-order chi connectivity index (χ0) is 12.3. The number of nitrogens with one attached hydrogen (secondary N) is 1. The largest absolute Gasteiger partial charge is 0.362 e. The fraction of sp³-hybridized carbons (Fsp3) is 0.167. The van der Waals surface area contributed by atoms with Gasteiger partial charge >= 0.3 is 0 Å². The average Bonchev–Trinajstić information content (AvgIpc) is 2.33. The van der Waals surface area contributed by atoms with Gasteiger partial charge in [-0.3, -0.25) is 0 Å². The van der Waals surface area contributed by atoms with E-state index in [1.54, 1.807) is 24.3 Å². The maximum atomic E-state index is 12.8. The van der Waals surface area contributed by atoms with Gasteiger partial charge in [0.05, 0.1) is 6.04 Å². The van der Waals surface area contributed by atoms with Crippen molar-refractivity contribution in [3.05, 3.63) is 52.9 Å². The number of hydrogen-bond acceptors (Lipinski definition) is 3. The molecular weight excluding hydrogens is 241 g/mol. The Balaban J connectivity index is 2.08. The number of benzene rings is 1. The molecule has 0 unspecified atom stereocenters. The van der Waals surface area contributed by atoms with Crippen molar-refractivity contribution in [2.75, 3.05) is 5.32 Å². The van der Waals surface area contributed by atoms with Crippen molar-refractivity contribution in [2.24, 2.45) is 0 Å². The third-order valence-corrected chi connectivity index (χ3v) is 2.57. The minimum atomic E-state index is -0.243. The highest BCUT2D eigenvalue weighted by molar-refractivity contribution is 6.29. The Kier molecular flexibility index (Phi) is 3.54. The maximum absolute atomic E-state index is 12.8. The summed E-state index contributed by atoms with van der Waals surface area (Å²) in [5, 5.41) is 11.1. The quantitative estimate of drug-likeness (QED) is 0.908. The van der Waals surface area contributed by atoms with Crippen LogP contribution in [0.4, 0.5) is 10.2 Å². The second-order valence-electron chi connectivity index (χ2n) is 3.66. The van der Waals surface area contributed by atoms with Gasteiger partial charge in [0.2, 0.25) is 0 Å². The van der Waals surface area contributed by atoms with E-state index in [1.165, 1.54) is 12.1 Å². The van der Waals surface area contributed by atoms with Crippen molar-refractivity contribution in [1.29, 1.82) is 0 Å². The Labute approximate surface area is 104 Å². The predicted molar refractivity (Wildman–Crippen MR) is 65.5 cm³/mol. The summed E-state index contributed by atoms with van der Waals surface area (Å²) < 4.78 is 12.8. The van der Waals surface area contributed by atoms with Crippen LogP contribution in [0.2, 0.25) is 5.15 Å². The predicted octanol–water partition coefficient (Wildman–Crippen LogP) is 3.44. The van der Waals surface area contributed by atoms with Gasteiger partial charge in [0, 0.05) is 0 Å². The van der Waals surface area contributed by atoms with Gasteiger partial charge in [-0.25, -0.2) is 4.39 Å². The molecule has 2 aromatic rings. The van der Waals surface area contributed by atoms with E-state index in [2.05, 4.69) is 15.5 Å². The lowest BCUT2D eigenvalue weighted by Gasteiger charge is -2.14. The first-order valence-corrected chi connectivity index (χ1v) is 5.54. The molecule has 0 amide bonds. The van der Waals surface area contributed by atoms with Crippen molar-refractivity contribution < 1.29 is 4.39 Å². The lowest BCUT2D eigenvalue weighted by molar-refractivity contribution is 0.626. The van der Waals surface area contributed by atoms with E-state index in [9.17, 15) is 4.39 Å². The molecule has 1 atom stereocenters. The summed E-state index contributed by atoms with van der Waals surface area (Å²) in [7, 11) is 0. The van der Waals surface area contributed by atoms with Crippen LogP contribution in [-0.4, -0.2) is 10.2 Å². The fourth-order valence-corrected chi connectivity index (χ4v) is 1.55. The molecule has 3 nitrogen and oxygen atoms in total. The lowest BCUT2D eigenvalue weighted by atomic mass is 10.1. The third-order valence-electron chi connectivity index (χ3n) is 2.37. The van der Waals surface area contributed by atoms with E-state index in [4.69, 9.17) is 11.6 Å². The van der Waals surface area contributed by atoms with Crippen molar-refractivity contribution in [3.63, 3.8) is 0 Å². The van der Waals surface area contributed by atoms with Crippen molar-refractivity contribution in [1.82, 2.24) is 10.2 Å². The molecule has 0 bridgehead atoms. The van der Waals surface area contributed by atoms with Gasteiger partial charge in [-0.2, -0.15) is 0 Å². The Bertz CT molecular complexity index is 484. The van der Waals surface area contributed by atoms with Gasteiger partial charge in [0.1, 0.15) is 11.6 Å². The second-order valence-corrected chi connectivity index (χ2v) is 4.05. The molecule has 0 aliphatic heterocycles. The number of hydrogen-bond donors (Lipinski definition) is 1. The third kappa shape index (κ3) is 3.14. The monoisotopic (exact) mass is 251 g/mol. The standard InChI is InChI=1S/C12H11ClFN3/c1-8(9-2-4-10(14)5-3-9)15-12-7-6-11(13)16-17-12/h2-8H,1H3,(H,15,17)/t8-/m0/s1. The molecule has 1 aromatic carbocycles. The molecule has 2 rings (SSSR count). The van der Waals surface area contributed by atoms with Crippen LogP contribution in [0, 0.1) is 5.82 Å². The molecule has 88 valence electrons. The van der Waals surface area contributed by atoms with Gasteiger partial charge in [0.15, 0.2) is 5.15 Å². The van der Waals surface area contributed by atoms with Gasteiger partial charge < -0.3 is 5.32 Å². The summed E-state index contributed by atoms with van der Waals surface area (Å²) in [5.74, 6) is 0.387. The summed E-state index contributed by atoms with van der Waals surface area (Å²) >= 11 is 5.64. The molecule has 5 heteroatoms. The molecule has 17 heavy (non-hydrogen) atoms. The molecule has 1 heterocycles. The van der Waals surface area contributed by atoms with Crippen molar-refractivity contribution >= 4 is 17.4 Å². The second kappa shape index (κ2) is 5.10. The Morgan fingerprint density at radius 1 is 1.12 bits per heavy atom. The lowest BCUT2D eigenvalue weighted by Crippen LogP contribution is -2.08. The number of anilines is 1. The molecule has 0 aliphatic carbocycles. The minimum Gasteiger partial charge on any atom is -0.362 e. The van der Waals surface area contributed by atoms with E-state index in [-0.39, 0.29) is 11.9 Å². The van der Waals surface area contributed by atoms with Crippen LogP contribution >= 0.6 is 11.6 Å². The molecule has 0 saturated carbocycles. The van der Waals surface area contributed by atoms with Crippen molar-refractivity contribution in [3.8, 4) is 0 Å². The molecule has 1 N–H and O–H groups in total. The van der Waals surface area contributed by atoms with E-state index in [0.717, 1.165) is 5.56 Å². The molecule has 0 saturated heterocycles. The molecular formula is C12H11ClFN3. The van der Waals surface area contributed by atoms with Crippen LogP contribution in [0.15, 0.2) is 36.4 Å². The number of rotatable bonds is 3. The summed E-state index contributed by atoms with van der Waals surface area (Å²) in [4.78, 5) is 0. The topological polar surface area (TPSA) is 37.8 Å². The molecule has 0 aliphatic rings. The Morgan fingerprint density at radius 3 is 2.41 bits per heavy atom. The zero-order valence-electron chi connectivity index (χ0n) is 9.19. The first kappa shape index (κ1) is 11.8. The van der Waals surface area contributed by atoms with Crippen LogP contribution in [-0.2, 0) is 0 Å². The van der Waals surface area contributed by atoms with Gasteiger partial charge in [-0.05, 0) is 36.8 Å². The SMILES string of the molecule is C[C@H](Nc1ccc(Cl)nn1)c1ccc(F)cc1. The van der Waals surface area contributed by atoms with Crippen LogP contribution in [0.5, 0.6) is 0 Å². The van der Waals surface area contributed by atoms with Crippen LogP contribution in [0.25, 0.3) is 0 Å². The van der Waals surface area contributed by atoms with E-state index < -0.39 is 0 Å². The number of halogens is 2. The molecule has 1 aromatic heterocycles. The van der Waals surface area contributed by atoms with Crippen LogP contribution in [0.3, 0.4) is 0 Å². The highest BCUT2D eigenvalue weighted by Gasteiger charge is 2.06. The normalized spacial score (nSPS) is 12.2. The molecule has 0 fully saturated rings. The first-order chi connectivity index (χ1) is 8.15. The summed E-state index contributed by atoms with van der Waals surface area (Å²) in [6.07, 6.45) is 0. The smallest absolute Gasteiger partial charge is 0.151 e. The maximum Gasteiger partial charge on any atom is 0.151 e. The van der Waals surface area contributed by atoms with Crippen molar-refractivity contribution in [2.45, 2.75) is 13.0 Å². The van der Waals surface area contributed by atoms with Gasteiger partial charge in [0.25, 0.3) is 0 Å². The summed E-state index contributed by atoms with van der Waals surface area (Å²) in [5.41, 5.74) is 0.975. The molecule has 0 spiro atoms. The highest BCUT2D eigenvalue weighted by Crippen LogP contribution is 2.18. The van der Waals surface area contributed by atoms with Crippen LogP contribution in [0.1, 0.15) is 18.5 Å². The van der Waals surface area contributed by atoms with Crippen LogP contribution < -0.4 is 5.32 Å². The molecule has 0 radical (unpaired) electrons. The Hall–Kier alpha value is -1.68. The van der Waals surface area contributed by atoms with Gasteiger partial charge in [-0.15, -0.1) is 10.2 Å². The van der Waals surface area contributed by atoms with E-state index in [1.807, 2.05) is 6.92 Å². The summed E-state index contributed by atoms with van der Waals surface area (Å²) in [6.45, 7) is 1.96. The van der Waals surface area contributed by atoms with Gasteiger partial charge in [-0.1, -0.05) is 23.7 Å². The average molecular weight is 252 g/mol.